The zero-order valence-corrected chi connectivity index (χ0v) is 9.75. The van der Waals surface area contributed by atoms with E-state index in [-0.39, 0.29) is 5.95 Å². The van der Waals surface area contributed by atoms with Crippen molar-refractivity contribution in [1.29, 1.82) is 0 Å². The molecule has 3 nitrogen and oxygen atoms in total. The van der Waals surface area contributed by atoms with Gasteiger partial charge in [-0.05, 0) is 24.6 Å². The maximum atomic E-state index is 12.6. The fraction of sp³-hybridized carbons (Fsp3) is 0.333. The third kappa shape index (κ3) is 2.37. The van der Waals surface area contributed by atoms with Gasteiger partial charge in [-0.2, -0.15) is 13.2 Å². The molecule has 0 unspecified atom stereocenters. The first-order valence-corrected chi connectivity index (χ1v) is 5.55. The zero-order chi connectivity index (χ0) is 13.3. The highest BCUT2D eigenvalue weighted by Gasteiger charge is 2.30. The second-order valence-electron chi connectivity index (χ2n) is 4.01. The molecular formula is C12H12F3N3. The average molecular weight is 255 g/mol. The van der Waals surface area contributed by atoms with E-state index < -0.39 is 11.7 Å². The van der Waals surface area contributed by atoms with Gasteiger partial charge in [-0.25, -0.2) is 9.97 Å². The quantitative estimate of drug-likeness (QED) is 0.896. The molecule has 0 aliphatic rings. The van der Waals surface area contributed by atoms with Crippen LogP contribution in [-0.2, 0) is 12.6 Å². The van der Waals surface area contributed by atoms with Crippen molar-refractivity contribution in [3.63, 3.8) is 0 Å². The summed E-state index contributed by atoms with van der Waals surface area (Å²) in [6, 6.07) is 3.42. The lowest BCUT2D eigenvalue weighted by molar-refractivity contribution is -0.137. The summed E-state index contributed by atoms with van der Waals surface area (Å²) >= 11 is 0. The predicted octanol–water partition coefficient (Wildman–Crippen LogP) is 3.18. The van der Waals surface area contributed by atoms with Crippen molar-refractivity contribution >= 4 is 16.9 Å². The third-order valence-electron chi connectivity index (χ3n) is 2.61. The predicted molar refractivity (Wildman–Crippen MR) is 62.9 cm³/mol. The number of nitrogens with zero attached hydrogens (tertiary/aromatic N) is 2. The molecule has 1 aromatic carbocycles. The molecule has 0 radical (unpaired) electrons. The highest BCUT2D eigenvalue weighted by Crippen LogP contribution is 2.32. The number of anilines is 1. The lowest BCUT2D eigenvalue weighted by Gasteiger charge is -2.10. The van der Waals surface area contributed by atoms with Gasteiger partial charge >= 0.3 is 6.18 Å². The van der Waals surface area contributed by atoms with Gasteiger partial charge < -0.3 is 5.73 Å². The van der Waals surface area contributed by atoms with Crippen molar-refractivity contribution in [2.75, 3.05) is 5.73 Å². The molecular weight excluding hydrogens is 243 g/mol. The molecule has 0 saturated heterocycles. The summed E-state index contributed by atoms with van der Waals surface area (Å²) in [5, 5.41) is 0.417. The van der Waals surface area contributed by atoms with Crippen molar-refractivity contribution in [2.24, 2.45) is 0 Å². The fourth-order valence-electron chi connectivity index (χ4n) is 1.82. The highest BCUT2D eigenvalue weighted by molar-refractivity contribution is 5.82. The first-order chi connectivity index (χ1) is 8.41. The van der Waals surface area contributed by atoms with Crippen molar-refractivity contribution in [1.82, 2.24) is 9.97 Å². The number of fused-ring (bicyclic) bond motifs is 1. The van der Waals surface area contributed by atoms with Crippen LogP contribution < -0.4 is 5.73 Å². The van der Waals surface area contributed by atoms with Crippen LogP contribution in [0.2, 0.25) is 0 Å². The summed E-state index contributed by atoms with van der Waals surface area (Å²) in [6.45, 7) is 1.93. The molecule has 0 saturated carbocycles. The molecule has 18 heavy (non-hydrogen) atoms. The SMILES string of the molecule is CCCc1nc(N)nc2ccc(C(F)(F)F)cc12. The van der Waals surface area contributed by atoms with Crippen molar-refractivity contribution < 1.29 is 13.2 Å². The number of benzene rings is 1. The summed E-state index contributed by atoms with van der Waals surface area (Å²) in [7, 11) is 0. The van der Waals surface area contributed by atoms with E-state index >= 15 is 0 Å². The van der Waals surface area contributed by atoms with E-state index in [1.165, 1.54) is 6.07 Å². The smallest absolute Gasteiger partial charge is 0.368 e. The van der Waals surface area contributed by atoms with Gasteiger partial charge in [0.25, 0.3) is 0 Å². The second kappa shape index (κ2) is 4.44. The number of halogens is 3. The summed E-state index contributed by atoms with van der Waals surface area (Å²) in [5.74, 6) is 0.0886. The van der Waals surface area contributed by atoms with Gasteiger partial charge in [-0.15, -0.1) is 0 Å². The monoisotopic (exact) mass is 255 g/mol. The minimum atomic E-state index is -4.36. The van der Waals surface area contributed by atoms with Gasteiger partial charge in [-0.3, -0.25) is 0 Å². The third-order valence-corrected chi connectivity index (χ3v) is 2.61. The van der Waals surface area contributed by atoms with E-state index in [4.69, 9.17) is 5.73 Å². The van der Waals surface area contributed by atoms with Gasteiger partial charge in [0.15, 0.2) is 0 Å². The molecule has 96 valence electrons. The normalized spacial score (nSPS) is 12.0. The van der Waals surface area contributed by atoms with Crippen molar-refractivity contribution in [2.45, 2.75) is 25.9 Å². The Morgan fingerprint density at radius 3 is 2.56 bits per heavy atom. The van der Waals surface area contributed by atoms with Crippen LogP contribution in [0.3, 0.4) is 0 Å². The number of hydrogen-bond donors (Lipinski definition) is 1. The Bertz CT molecular complexity index is 579. The number of nitrogen functional groups attached to an aromatic ring is 1. The van der Waals surface area contributed by atoms with E-state index in [0.717, 1.165) is 18.6 Å². The Kier molecular flexibility index (Phi) is 3.11. The van der Waals surface area contributed by atoms with Crippen LogP contribution in [0, 0.1) is 0 Å². The first kappa shape index (κ1) is 12.6. The average Bonchev–Trinajstić information content (AvgIpc) is 2.27. The summed E-state index contributed by atoms with van der Waals surface area (Å²) in [4.78, 5) is 7.95. The van der Waals surface area contributed by atoms with Crippen LogP contribution in [0.5, 0.6) is 0 Å². The van der Waals surface area contributed by atoms with E-state index in [2.05, 4.69) is 9.97 Å². The van der Waals surface area contributed by atoms with E-state index in [1.807, 2.05) is 6.92 Å². The van der Waals surface area contributed by atoms with Crippen LogP contribution in [0.4, 0.5) is 19.1 Å². The Balaban J connectivity index is 2.66. The van der Waals surface area contributed by atoms with Crippen LogP contribution in [0.1, 0.15) is 24.6 Å². The summed E-state index contributed by atoms with van der Waals surface area (Å²) < 4.78 is 37.9. The Morgan fingerprint density at radius 2 is 1.94 bits per heavy atom. The second-order valence-corrected chi connectivity index (χ2v) is 4.01. The van der Waals surface area contributed by atoms with Crippen molar-refractivity contribution in [3.8, 4) is 0 Å². The molecule has 0 aliphatic carbocycles. The fourth-order valence-corrected chi connectivity index (χ4v) is 1.82. The van der Waals surface area contributed by atoms with Gasteiger partial charge in [0.05, 0.1) is 16.8 Å². The molecule has 2 rings (SSSR count). The maximum Gasteiger partial charge on any atom is 0.416 e. The topological polar surface area (TPSA) is 51.8 Å². The number of alkyl halides is 3. The number of hydrogen-bond acceptors (Lipinski definition) is 3. The first-order valence-electron chi connectivity index (χ1n) is 5.55. The maximum absolute atomic E-state index is 12.6. The van der Waals surface area contributed by atoms with Gasteiger partial charge in [-0.1, -0.05) is 13.3 Å². The molecule has 0 spiro atoms. The highest BCUT2D eigenvalue weighted by atomic mass is 19.4. The molecule has 0 atom stereocenters. The molecule has 0 aliphatic heterocycles. The van der Waals surface area contributed by atoms with Gasteiger partial charge in [0, 0.05) is 5.39 Å². The van der Waals surface area contributed by atoms with Gasteiger partial charge in [0.2, 0.25) is 5.95 Å². The van der Waals surface area contributed by atoms with E-state index in [0.29, 0.717) is 23.0 Å². The number of nitrogens with two attached hydrogens (primary N) is 1. The van der Waals surface area contributed by atoms with Crippen LogP contribution >= 0.6 is 0 Å². The molecule has 1 aromatic heterocycles. The molecule has 0 amide bonds. The van der Waals surface area contributed by atoms with Crippen LogP contribution in [0.25, 0.3) is 10.9 Å². The minimum Gasteiger partial charge on any atom is -0.368 e. The molecule has 2 N–H and O–H groups in total. The molecule has 2 aromatic rings. The van der Waals surface area contributed by atoms with Crippen molar-refractivity contribution in [3.05, 3.63) is 29.5 Å². The van der Waals surface area contributed by atoms with E-state index in [9.17, 15) is 13.2 Å². The number of aryl methyl sites for hydroxylation is 1. The minimum absolute atomic E-state index is 0.0886. The number of aromatic nitrogens is 2. The molecule has 0 bridgehead atoms. The Labute approximate surface area is 102 Å². The standard InChI is InChI=1S/C12H12F3N3/c1-2-3-9-8-6-7(12(13,14)15)4-5-10(8)18-11(16)17-9/h4-6H,2-3H2,1H3,(H2,16,17,18). The largest absolute Gasteiger partial charge is 0.416 e. The van der Waals surface area contributed by atoms with Crippen LogP contribution in [-0.4, -0.2) is 9.97 Å². The summed E-state index contributed by atoms with van der Waals surface area (Å²) in [5.41, 5.74) is 5.85. The lowest BCUT2D eigenvalue weighted by atomic mass is 10.1. The Hall–Kier alpha value is -1.85. The molecule has 1 heterocycles. The zero-order valence-electron chi connectivity index (χ0n) is 9.75. The lowest BCUT2D eigenvalue weighted by Crippen LogP contribution is -2.06. The van der Waals surface area contributed by atoms with Crippen LogP contribution in [0.15, 0.2) is 18.2 Å². The Morgan fingerprint density at radius 1 is 1.22 bits per heavy atom. The summed E-state index contributed by atoms with van der Waals surface area (Å²) in [6.07, 6.45) is -3.01. The molecule has 6 heteroatoms. The number of rotatable bonds is 2. The van der Waals surface area contributed by atoms with E-state index in [1.54, 1.807) is 0 Å². The molecule has 0 fully saturated rings. The van der Waals surface area contributed by atoms with Gasteiger partial charge in [0.1, 0.15) is 0 Å².